The first-order valence-corrected chi connectivity index (χ1v) is 6.32. The Kier molecular flexibility index (Phi) is 3.71. The fraction of sp³-hybridized carbons (Fsp3) is 0.571. The number of amides is 2. The van der Waals surface area contributed by atoms with Crippen molar-refractivity contribution < 1.29 is 9.59 Å². The van der Waals surface area contributed by atoms with Gasteiger partial charge in [0.05, 0.1) is 5.92 Å². The molecule has 0 N–H and O–H groups in total. The number of rotatable bonds is 2. The van der Waals surface area contributed by atoms with E-state index in [1.807, 2.05) is 4.90 Å². The second-order valence-corrected chi connectivity index (χ2v) is 4.91. The van der Waals surface area contributed by atoms with Crippen LogP contribution in [0.1, 0.15) is 12.8 Å². The Hall–Kier alpha value is -1.76. The zero-order chi connectivity index (χ0) is 13.1. The molecule has 0 aromatic carbocycles. The van der Waals surface area contributed by atoms with E-state index in [1.165, 1.54) is 6.08 Å². The van der Waals surface area contributed by atoms with Crippen LogP contribution in [0.15, 0.2) is 12.7 Å². The van der Waals surface area contributed by atoms with E-state index in [-0.39, 0.29) is 23.7 Å². The molecule has 0 saturated carbocycles. The maximum absolute atomic E-state index is 12.1. The minimum Gasteiger partial charge on any atom is -0.340 e. The van der Waals surface area contributed by atoms with Gasteiger partial charge in [-0.15, -0.1) is 6.42 Å². The summed E-state index contributed by atoms with van der Waals surface area (Å²) < 4.78 is 0. The number of hydrogen-bond acceptors (Lipinski definition) is 2. The molecule has 0 aliphatic carbocycles. The van der Waals surface area contributed by atoms with E-state index in [4.69, 9.17) is 6.42 Å². The molecule has 0 spiro atoms. The minimum atomic E-state index is -0.0442. The number of hydrogen-bond donors (Lipinski definition) is 0. The quantitative estimate of drug-likeness (QED) is 0.526. The third kappa shape index (κ3) is 2.40. The number of likely N-dealkylation sites (tertiary alicyclic amines) is 2. The second-order valence-electron chi connectivity index (χ2n) is 4.91. The molecule has 2 saturated heterocycles. The fourth-order valence-corrected chi connectivity index (χ4v) is 2.50. The number of carbonyl (C=O) groups excluding carboxylic acids is 2. The summed E-state index contributed by atoms with van der Waals surface area (Å²) in [5.74, 6) is 3.10. The van der Waals surface area contributed by atoms with Crippen molar-refractivity contribution >= 4 is 11.8 Å². The van der Waals surface area contributed by atoms with Gasteiger partial charge in [-0.1, -0.05) is 12.5 Å². The molecule has 2 rings (SSSR count). The number of carbonyl (C=O) groups is 2. The van der Waals surface area contributed by atoms with Gasteiger partial charge in [0.25, 0.3) is 0 Å². The molecule has 0 aromatic heterocycles. The van der Waals surface area contributed by atoms with E-state index in [0.29, 0.717) is 26.2 Å². The van der Waals surface area contributed by atoms with E-state index in [2.05, 4.69) is 12.5 Å². The van der Waals surface area contributed by atoms with Crippen molar-refractivity contribution in [2.24, 2.45) is 11.8 Å². The Labute approximate surface area is 108 Å². The van der Waals surface area contributed by atoms with Gasteiger partial charge >= 0.3 is 0 Å². The first-order valence-electron chi connectivity index (χ1n) is 6.32. The molecule has 2 amide bonds. The lowest BCUT2D eigenvalue weighted by molar-refractivity contribution is -0.143. The summed E-state index contributed by atoms with van der Waals surface area (Å²) in [6.07, 6.45) is 8.12. The molecule has 96 valence electrons. The Balaban J connectivity index is 1.80. The lowest BCUT2D eigenvalue weighted by Gasteiger charge is -2.40. The molecule has 4 heteroatoms. The maximum atomic E-state index is 12.1. The van der Waals surface area contributed by atoms with Crippen LogP contribution < -0.4 is 0 Å². The highest BCUT2D eigenvalue weighted by atomic mass is 16.2. The average molecular weight is 246 g/mol. The number of piperidine rings is 1. The highest BCUT2D eigenvalue weighted by Crippen LogP contribution is 2.24. The first kappa shape index (κ1) is 12.7. The predicted octanol–water partition coefficient (Wildman–Crippen LogP) is 0.503. The van der Waals surface area contributed by atoms with Gasteiger partial charge in [-0.3, -0.25) is 9.59 Å². The van der Waals surface area contributed by atoms with Crippen LogP contribution in [-0.2, 0) is 9.59 Å². The molecule has 0 atom stereocenters. The van der Waals surface area contributed by atoms with Crippen LogP contribution in [0.4, 0.5) is 0 Å². The third-order valence-corrected chi connectivity index (χ3v) is 3.76. The molecule has 0 bridgehead atoms. The van der Waals surface area contributed by atoms with E-state index in [9.17, 15) is 9.59 Å². The van der Waals surface area contributed by atoms with Crippen molar-refractivity contribution in [1.82, 2.24) is 9.80 Å². The van der Waals surface area contributed by atoms with Crippen LogP contribution in [-0.4, -0.2) is 47.8 Å². The molecule has 2 fully saturated rings. The van der Waals surface area contributed by atoms with Gasteiger partial charge in [0.2, 0.25) is 11.8 Å². The van der Waals surface area contributed by atoms with E-state index >= 15 is 0 Å². The van der Waals surface area contributed by atoms with Gasteiger partial charge < -0.3 is 9.80 Å². The van der Waals surface area contributed by atoms with Gasteiger partial charge in [0.15, 0.2) is 0 Å². The monoisotopic (exact) mass is 246 g/mol. The summed E-state index contributed by atoms with van der Waals surface area (Å²) in [4.78, 5) is 27.1. The lowest BCUT2D eigenvalue weighted by Crippen LogP contribution is -2.53. The van der Waals surface area contributed by atoms with Crippen molar-refractivity contribution in [2.45, 2.75) is 12.8 Å². The molecular weight excluding hydrogens is 228 g/mol. The Bertz CT molecular complexity index is 397. The van der Waals surface area contributed by atoms with Gasteiger partial charge in [0, 0.05) is 32.1 Å². The molecule has 18 heavy (non-hydrogen) atoms. The summed E-state index contributed by atoms with van der Waals surface area (Å²) in [5, 5.41) is 0. The van der Waals surface area contributed by atoms with Gasteiger partial charge in [-0.2, -0.15) is 0 Å². The SMILES string of the molecule is C#CC1CN(C(=O)C2CCN(C(=O)C=C)CC2)C1. The molecule has 2 aliphatic rings. The van der Waals surface area contributed by atoms with E-state index in [0.717, 1.165) is 12.8 Å². The van der Waals surface area contributed by atoms with E-state index < -0.39 is 0 Å². The standard InChI is InChI=1S/C14H18N2O2/c1-3-11-9-16(10-11)14(18)12-5-7-15(8-6-12)13(17)4-2/h1,4,11-12H,2,5-10H2. The highest BCUT2D eigenvalue weighted by molar-refractivity contribution is 5.87. The normalized spacial score (nSPS) is 21.1. The fourth-order valence-electron chi connectivity index (χ4n) is 2.50. The van der Waals surface area contributed by atoms with Crippen LogP contribution in [0.2, 0.25) is 0 Å². The third-order valence-electron chi connectivity index (χ3n) is 3.76. The summed E-state index contributed by atoms with van der Waals surface area (Å²) in [5.41, 5.74) is 0. The number of terminal acetylenes is 1. The van der Waals surface area contributed by atoms with Crippen LogP contribution in [0.25, 0.3) is 0 Å². The lowest BCUT2D eigenvalue weighted by atomic mass is 9.92. The highest BCUT2D eigenvalue weighted by Gasteiger charge is 2.35. The molecular formula is C14H18N2O2. The van der Waals surface area contributed by atoms with Crippen molar-refractivity contribution in [1.29, 1.82) is 0 Å². The number of nitrogens with zero attached hydrogens (tertiary/aromatic N) is 2. The molecule has 4 nitrogen and oxygen atoms in total. The Morgan fingerprint density at radius 2 is 1.83 bits per heavy atom. The van der Waals surface area contributed by atoms with Crippen molar-refractivity contribution in [3.63, 3.8) is 0 Å². The van der Waals surface area contributed by atoms with Crippen LogP contribution in [0.5, 0.6) is 0 Å². The van der Waals surface area contributed by atoms with Crippen LogP contribution >= 0.6 is 0 Å². The van der Waals surface area contributed by atoms with Crippen LogP contribution in [0, 0.1) is 24.2 Å². The summed E-state index contributed by atoms with van der Waals surface area (Å²) >= 11 is 0. The molecule has 2 aliphatic heterocycles. The summed E-state index contributed by atoms with van der Waals surface area (Å²) in [6, 6.07) is 0. The molecule has 2 heterocycles. The summed E-state index contributed by atoms with van der Waals surface area (Å²) in [7, 11) is 0. The average Bonchev–Trinajstić information content (AvgIpc) is 2.36. The smallest absolute Gasteiger partial charge is 0.245 e. The van der Waals surface area contributed by atoms with Gasteiger partial charge in [-0.25, -0.2) is 0 Å². The zero-order valence-corrected chi connectivity index (χ0v) is 10.5. The minimum absolute atomic E-state index is 0.0442. The zero-order valence-electron chi connectivity index (χ0n) is 10.5. The Morgan fingerprint density at radius 1 is 1.22 bits per heavy atom. The van der Waals surface area contributed by atoms with E-state index in [1.54, 1.807) is 4.90 Å². The molecule has 0 unspecified atom stereocenters. The second kappa shape index (κ2) is 5.26. The first-order chi connectivity index (χ1) is 8.65. The predicted molar refractivity (Wildman–Crippen MR) is 68.4 cm³/mol. The molecule has 0 radical (unpaired) electrons. The largest absolute Gasteiger partial charge is 0.340 e. The summed E-state index contributed by atoms with van der Waals surface area (Å²) in [6.45, 7) is 6.16. The van der Waals surface area contributed by atoms with Crippen molar-refractivity contribution in [3.8, 4) is 12.3 Å². The Morgan fingerprint density at radius 3 is 2.33 bits per heavy atom. The van der Waals surface area contributed by atoms with Crippen molar-refractivity contribution in [2.75, 3.05) is 26.2 Å². The molecule has 0 aromatic rings. The van der Waals surface area contributed by atoms with Crippen molar-refractivity contribution in [3.05, 3.63) is 12.7 Å². The van der Waals surface area contributed by atoms with Crippen LogP contribution in [0.3, 0.4) is 0 Å². The van der Waals surface area contributed by atoms with Gasteiger partial charge in [0.1, 0.15) is 0 Å². The maximum Gasteiger partial charge on any atom is 0.245 e. The topological polar surface area (TPSA) is 40.6 Å². The van der Waals surface area contributed by atoms with Gasteiger partial charge in [-0.05, 0) is 18.9 Å².